The fourth-order valence-electron chi connectivity index (χ4n) is 5.64. The smallest absolute Gasteiger partial charge is 0.368 e. The molecule has 2 aliphatic rings. The number of carbonyl (C=O) groups excluding carboxylic acids is 2. The maximum atomic E-state index is 14.1. The van der Waals surface area contributed by atoms with E-state index in [1.165, 1.54) is 17.0 Å². The molecule has 4 aromatic rings. The summed E-state index contributed by atoms with van der Waals surface area (Å²) in [5.41, 5.74) is 2.99. The van der Waals surface area contributed by atoms with Crippen molar-refractivity contribution in [3.8, 4) is 0 Å². The number of nitrogens with zero attached hydrogens (tertiary/aromatic N) is 7. The number of likely N-dealkylation sites (N-methyl/N-ethyl adjacent to an activating group) is 1. The molecule has 2 aromatic carbocycles. The molecule has 0 saturated carbocycles. The fourth-order valence-corrected chi connectivity index (χ4v) is 5.64. The van der Waals surface area contributed by atoms with E-state index in [4.69, 9.17) is 0 Å². The monoisotopic (exact) mass is 645 g/mol. The summed E-state index contributed by atoms with van der Waals surface area (Å²) >= 11 is 0. The van der Waals surface area contributed by atoms with Crippen molar-refractivity contribution in [1.29, 1.82) is 0 Å². The van der Waals surface area contributed by atoms with Crippen LogP contribution in [0.1, 0.15) is 32.7 Å². The van der Waals surface area contributed by atoms with Crippen molar-refractivity contribution >= 4 is 46.5 Å². The molecule has 1 fully saturated rings. The molecule has 11 nitrogen and oxygen atoms in total. The van der Waals surface area contributed by atoms with Gasteiger partial charge in [0.2, 0.25) is 5.95 Å². The lowest BCUT2D eigenvalue weighted by Crippen LogP contribution is -2.46. The number of anilines is 6. The maximum Gasteiger partial charge on any atom is 0.418 e. The van der Waals surface area contributed by atoms with E-state index in [-0.39, 0.29) is 23.8 Å². The first kappa shape index (κ1) is 31.7. The predicted molar refractivity (Wildman–Crippen MR) is 175 cm³/mol. The molecule has 6 rings (SSSR count). The van der Waals surface area contributed by atoms with Crippen LogP contribution in [0.3, 0.4) is 0 Å². The molecule has 2 N–H and O–H groups in total. The van der Waals surface area contributed by atoms with Gasteiger partial charge in [0.1, 0.15) is 5.82 Å². The molecule has 2 aromatic heterocycles. The Morgan fingerprint density at radius 2 is 1.62 bits per heavy atom. The van der Waals surface area contributed by atoms with Crippen LogP contribution >= 0.6 is 0 Å². The second-order valence-corrected chi connectivity index (χ2v) is 11.8. The van der Waals surface area contributed by atoms with Gasteiger partial charge in [0.05, 0.1) is 29.7 Å². The molecule has 0 atom stereocenters. The summed E-state index contributed by atoms with van der Waals surface area (Å²) in [4.78, 5) is 46.8. The van der Waals surface area contributed by atoms with Crippen LogP contribution in [0.15, 0.2) is 60.9 Å². The molecule has 0 unspecified atom stereocenters. The summed E-state index contributed by atoms with van der Waals surface area (Å²) in [7, 11) is 3.54. The van der Waals surface area contributed by atoms with E-state index in [1.54, 1.807) is 47.4 Å². The van der Waals surface area contributed by atoms with Crippen LogP contribution in [0, 0.1) is 13.8 Å². The van der Waals surface area contributed by atoms with Gasteiger partial charge in [0.25, 0.3) is 5.91 Å². The number of rotatable bonds is 6. The Hall–Kier alpha value is -5.24. The van der Waals surface area contributed by atoms with E-state index < -0.39 is 17.6 Å². The average Bonchev–Trinajstić information content (AvgIpc) is 3.05. The third-order valence-corrected chi connectivity index (χ3v) is 8.34. The van der Waals surface area contributed by atoms with E-state index in [0.717, 1.165) is 17.3 Å². The van der Waals surface area contributed by atoms with E-state index >= 15 is 0 Å². The number of aryl methyl sites for hydroxylation is 2. The second-order valence-electron chi connectivity index (χ2n) is 11.8. The molecule has 4 heterocycles. The van der Waals surface area contributed by atoms with Crippen molar-refractivity contribution in [1.82, 2.24) is 19.9 Å². The number of alkyl halides is 3. The first-order valence-electron chi connectivity index (χ1n) is 15.0. The minimum absolute atomic E-state index is 0.0619. The Morgan fingerprint density at radius 1 is 0.872 bits per heavy atom. The first-order chi connectivity index (χ1) is 22.4. The lowest BCUT2D eigenvalue weighted by Gasteiger charge is -2.35. The molecule has 0 spiro atoms. The summed E-state index contributed by atoms with van der Waals surface area (Å²) in [5, 5.41) is 5.81. The zero-order valence-electron chi connectivity index (χ0n) is 26.4. The SMILES string of the molecule is Cc1ccc(Nc2ncc3c(n2)N(C)C(=O)N(c2cc(NC(=O)c4ccc(N5CCN(C)CC5)c(C(F)(F)F)c4)ccc2C)C3)cn1. The normalized spacial score (nSPS) is 15.5. The van der Waals surface area contributed by atoms with Gasteiger partial charge in [-0.05, 0) is 68.9 Å². The molecular weight excluding hydrogens is 611 g/mol. The van der Waals surface area contributed by atoms with Gasteiger partial charge in [-0.1, -0.05) is 6.07 Å². The lowest BCUT2D eigenvalue weighted by atomic mass is 10.1. The number of piperazine rings is 1. The number of pyridine rings is 1. The van der Waals surface area contributed by atoms with Crippen LogP contribution in [-0.4, -0.2) is 72.1 Å². The van der Waals surface area contributed by atoms with Crippen LogP contribution in [0.5, 0.6) is 0 Å². The van der Waals surface area contributed by atoms with Gasteiger partial charge in [0.15, 0.2) is 0 Å². The van der Waals surface area contributed by atoms with Crippen molar-refractivity contribution in [3.05, 3.63) is 88.9 Å². The number of hydrogen-bond donors (Lipinski definition) is 2. The fraction of sp³-hybridized carbons (Fsp3) is 0.303. The van der Waals surface area contributed by atoms with Crippen LogP contribution in [-0.2, 0) is 12.7 Å². The molecule has 2 aliphatic heterocycles. The molecule has 0 radical (unpaired) electrons. The number of aromatic nitrogens is 3. The molecule has 47 heavy (non-hydrogen) atoms. The summed E-state index contributed by atoms with van der Waals surface area (Å²) in [6.07, 6.45) is -1.32. The van der Waals surface area contributed by atoms with Crippen molar-refractivity contribution in [2.24, 2.45) is 0 Å². The van der Waals surface area contributed by atoms with Crippen molar-refractivity contribution in [2.45, 2.75) is 26.6 Å². The number of amides is 3. The van der Waals surface area contributed by atoms with Gasteiger partial charge in [-0.25, -0.2) is 9.78 Å². The predicted octanol–water partition coefficient (Wildman–Crippen LogP) is 5.83. The van der Waals surface area contributed by atoms with E-state index in [0.29, 0.717) is 60.6 Å². The number of hydrogen-bond acceptors (Lipinski definition) is 8. The number of benzene rings is 2. The Labute approximate surface area is 270 Å². The van der Waals surface area contributed by atoms with Crippen LogP contribution in [0.4, 0.5) is 52.5 Å². The Balaban J connectivity index is 1.21. The summed E-state index contributed by atoms with van der Waals surface area (Å²) in [6, 6.07) is 12.1. The minimum Gasteiger partial charge on any atom is -0.368 e. The standard InChI is InChI=1S/C33H34F3N9O2/c1-20-5-8-24(39-30(46)22-7-10-27(26(15-22)33(34,35)36)44-13-11-42(3)12-14-44)16-28(20)45-19-23-17-38-31(41-29(23)43(4)32(45)47)40-25-9-6-21(2)37-18-25/h5-10,15-18H,11-14,19H2,1-4H3,(H,39,46)(H,38,40,41). The molecule has 0 aliphatic carbocycles. The number of fused-ring (bicyclic) bond motifs is 1. The van der Waals surface area contributed by atoms with Gasteiger partial charge in [0, 0.05) is 67.6 Å². The number of urea groups is 1. The average molecular weight is 646 g/mol. The highest BCUT2D eigenvalue weighted by molar-refractivity contribution is 6.07. The highest BCUT2D eigenvalue weighted by atomic mass is 19.4. The summed E-state index contributed by atoms with van der Waals surface area (Å²) in [5.74, 6) is 0.0694. The highest BCUT2D eigenvalue weighted by Crippen LogP contribution is 2.38. The zero-order chi connectivity index (χ0) is 33.5. The zero-order valence-corrected chi connectivity index (χ0v) is 26.4. The Morgan fingerprint density at radius 3 is 2.32 bits per heavy atom. The van der Waals surface area contributed by atoms with E-state index in [9.17, 15) is 22.8 Å². The largest absolute Gasteiger partial charge is 0.418 e. The van der Waals surface area contributed by atoms with Crippen LogP contribution in [0.2, 0.25) is 0 Å². The topological polar surface area (TPSA) is 110 Å². The molecule has 1 saturated heterocycles. The molecule has 244 valence electrons. The molecule has 0 bridgehead atoms. The van der Waals surface area contributed by atoms with Gasteiger partial charge >= 0.3 is 12.2 Å². The first-order valence-corrected chi connectivity index (χ1v) is 15.0. The van der Waals surface area contributed by atoms with Crippen LogP contribution in [0.25, 0.3) is 0 Å². The number of nitrogens with one attached hydrogen (secondary N) is 2. The quantitative estimate of drug-likeness (QED) is 0.270. The third-order valence-electron chi connectivity index (χ3n) is 8.34. The molecular formula is C33H34F3N9O2. The van der Waals surface area contributed by atoms with Crippen LogP contribution < -0.4 is 25.3 Å². The van der Waals surface area contributed by atoms with Gasteiger partial charge in [-0.2, -0.15) is 18.2 Å². The third kappa shape index (κ3) is 6.68. The highest BCUT2D eigenvalue weighted by Gasteiger charge is 2.36. The van der Waals surface area contributed by atoms with Crippen molar-refractivity contribution in [3.63, 3.8) is 0 Å². The summed E-state index contributed by atoms with van der Waals surface area (Å²) < 4.78 is 42.4. The minimum atomic E-state index is -4.64. The Bertz CT molecular complexity index is 1820. The van der Waals surface area contributed by atoms with Gasteiger partial charge in [-0.15, -0.1) is 0 Å². The maximum absolute atomic E-state index is 14.1. The lowest BCUT2D eigenvalue weighted by molar-refractivity contribution is -0.137. The van der Waals surface area contributed by atoms with Gasteiger partial charge < -0.3 is 20.4 Å². The second kappa shape index (κ2) is 12.5. The number of carbonyl (C=O) groups is 2. The Kier molecular flexibility index (Phi) is 8.45. The van der Waals surface area contributed by atoms with Gasteiger partial charge in [-0.3, -0.25) is 19.6 Å². The van der Waals surface area contributed by atoms with Crippen molar-refractivity contribution < 1.29 is 22.8 Å². The molecule has 14 heteroatoms. The van der Waals surface area contributed by atoms with E-state index in [1.807, 2.05) is 33.0 Å². The molecule has 3 amide bonds. The number of halogens is 3. The van der Waals surface area contributed by atoms with E-state index in [2.05, 4.69) is 30.5 Å². The summed E-state index contributed by atoms with van der Waals surface area (Å²) in [6.45, 7) is 6.10. The van der Waals surface area contributed by atoms with Crippen molar-refractivity contribution in [2.75, 3.05) is 65.6 Å².